The molecule has 0 saturated heterocycles. The van der Waals surface area contributed by atoms with Crippen molar-refractivity contribution in [1.82, 2.24) is 4.98 Å². The van der Waals surface area contributed by atoms with Crippen LogP contribution < -0.4 is 5.56 Å². The molecule has 0 fully saturated rings. The van der Waals surface area contributed by atoms with Crippen LogP contribution in [-0.4, -0.2) is 4.98 Å². The van der Waals surface area contributed by atoms with Crippen molar-refractivity contribution in [1.29, 1.82) is 0 Å². The SMILES string of the molecule is O=c1[nH]c2c(cc1CCl)CCCC2. The van der Waals surface area contributed by atoms with Crippen molar-refractivity contribution in [3.8, 4) is 0 Å². The van der Waals surface area contributed by atoms with Crippen LogP contribution in [0.4, 0.5) is 0 Å². The van der Waals surface area contributed by atoms with E-state index in [1.54, 1.807) is 0 Å². The van der Waals surface area contributed by atoms with Gasteiger partial charge in [-0.1, -0.05) is 0 Å². The Kier molecular flexibility index (Phi) is 2.40. The molecule has 2 nitrogen and oxygen atoms in total. The topological polar surface area (TPSA) is 32.9 Å². The van der Waals surface area contributed by atoms with Crippen LogP contribution in [0.2, 0.25) is 0 Å². The Morgan fingerprint density at radius 3 is 2.92 bits per heavy atom. The number of nitrogens with one attached hydrogen (secondary N) is 1. The summed E-state index contributed by atoms with van der Waals surface area (Å²) in [6, 6.07) is 1.96. The first-order valence-corrected chi connectivity index (χ1v) is 5.14. The van der Waals surface area contributed by atoms with Gasteiger partial charge in [-0.2, -0.15) is 0 Å². The Morgan fingerprint density at radius 1 is 1.38 bits per heavy atom. The molecular formula is C10H12ClNO. The van der Waals surface area contributed by atoms with Crippen molar-refractivity contribution >= 4 is 11.6 Å². The largest absolute Gasteiger partial charge is 0.326 e. The van der Waals surface area contributed by atoms with E-state index in [9.17, 15) is 4.79 Å². The molecule has 0 atom stereocenters. The van der Waals surface area contributed by atoms with Crippen LogP contribution in [0.1, 0.15) is 29.7 Å². The molecule has 0 radical (unpaired) electrons. The molecule has 2 rings (SSSR count). The summed E-state index contributed by atoms with van der Waals surface area (Å²) in [4.78, 5) is 14.3. The first-order chi connectivity index (χ1) is 6.31. The first-order valence-electron chi connectivity index (χ1n) is 4.61. The van der Waals surface area contributed by atoms with Crippen molar-refractivity contribution < 1.29 is 0 Å². The lowest BCUT2D eigenvalue weighted by Crippen LogP contribution is -2.18. The Balaban J connectivity index is 2.51. The third kappa shape index (κ3) is 1.63. The molecule has 1 heterocycles. The van der Waals surface area contributed by atoms with Gasteiger partial charge >= 0.3 is 0 Å². The van der Waals surface area contributed by atoms with E-state index in [0.29, 0.717) is 11.4 Å². The lowest BCUT2D eigenvalue weighted by molar-refractivity contribution is 0.663. The van der Waals surface area contributed by atoms with Gasteiger partial charge in [-0.25, -0.2) is 0 Å². The third-order valence-corrected chi connectivity index (χ3v) is 2.85. The van der Waals surface area contributed by atoms with Gasteiger partial charge in [-0.05, 0) is 37.3 Å². The average Bonchev–Trinajstić information content (AvgIpc) is 2.17. The number of H-pyrrole nitrogens is 1. The van der Waals surface area contributed by atoms with Gasteiger partial charge in [-0.15, -0.1) is 11.6 Å². The summed E-state index contributed by atoms with van der Waals surface area (Å²) in [7, 11) is 0. The number of aryl methyl sites for hydroxylation is 2. The number of hydrogen-bond donors (Lipinski definition) is 1. The minimum absolute atomic E-state index is 0.0179. The van der Waals surface area contributed by atoms with E-state index in [4.69, 9.17) is 11.6 Å². The molecule has 0 saturated carbocycles. The van der Waals surface area contributed by atoms with Crippen LogP contribution in [0.5, 0.6) is 0 Å². The average molecular weight is 198 g/mol. The Bertz CT molecular complexity index is 370. The molecule has 3 heteroatoms. The Labute approximate surface area is 81.9 Å². The fraction of sp³-hybridized carbons (Fsp3) is 0.500. The second-order valence-electron chi connectivity index (χ2n) is 3.47. The molecule has 0 amide bonds. The molecule has 1 aliphatic rings. The monoisotopic (exact) mass is 197 g/mol. The second-order valence-corrected chi connectivity index (χ2v) is 3.74. The zero-order valence-electron chi connectivity index (χ0n) is 7.40. The van der Waals surface area contributed by atoms with Gasteiger partial charge in [0.2, 0.25) is 0 Å². The Hall–Kier alpha value is -0.760. The molecule has 0 aliphatic heterocycles. The predicted molar refractivity (Wildman–Crippen MR) is 53.3 cm³/mol. The molecule has 0 aromatic carbocycles. The number of fused-ring (bicyclic) bond motifs is 1. The fourth-order valence-corrected chi connectivity index (χ4v) is 2.02. The van der Waals surface area contributed by atoms with Gasteiger partial charge in [0.05, 0.1) is 5.88 Å². The quantitative estimate of drug-likeness (QED) is 0.687. The van der Waals surface area contributed by atoms with Gasteiger partial charge in [0, 0.05) is 11.3 Å². The maximum Gasteiger partial charge on any atom is 0.252 e. The summed E-state index contributed by atoms with van der Waals surface area (Å²) < 4.78 is 0. The van der Waals surface area contributed by atoms with Crippen molar-refractivity contribution in [3.63, 3.8) is 0 Å². The maximum atomic E-state index is 11.4. The molecule has 1 N–H and O–H groups in total. The lowest BCUT2D eigenvalue weighted by Gasteiger charge is -2.15. The minimum Gasteiger partial charge on any atom is -0.326 e. The Morgan fingerprint density at radius 2 is 2.15 bits per heavy atom. The molecule has 13 heavy (non-hydrogen) atoms. The zero-order chi connectivity index (χ0) is 9.26. The van der Waals surface area contributed by atoms with E-state index >= 15 is 0 Å². The van der Waals surface area contributed by atoms with E-state index in [2.05, 4.69) is 4.98 Å². The van der Waals surface area contributed by atoms with Gasteiger partial charge in [-0.3, -0.25) is 4.79 Å². The van der Waals surface area contributed by atoms with E-state index in [-0.39, 0.29) is 5.56 Å². The predicted octanol–water partition coefficient (Wildman–Crippen LogP) is 1.99. The number of rotatable bonds is 1. The van der Waals surface area contributed by atoms with Crippen LogP contribution in [-0.2, 0) is 18.7 Å². The minimum atomic E-state index is -0.0179. The van der Waals surface area contributed by atoms with E-state index in [1.807, 2.05) is 6.07 Å². The number of halogens is 1. The van der Waals surface area contributed by atoms with Crippen LogP contribution in [0.3, 0.4) is 0 Å². The van der Waals surface area contributed by atoms with E-state index < -0.39 is 0 Å². The molecule has 1 aromatic rings. The summed E-state index contributed by atoms with van der Waals surface area (Å²) in [5.74, 6) is 0.308. The number of pyridine rings is 1. The second kappa shape index (κ2) is 3.54. The van der Waals surface area contributed by atoms with E-state index in [1.165, 1.54) is 18.4 Å². The van der Waals surface area contributed by atoms with Crippen molar-refractivity contribution in [2.75, 3.05) is 0 Å². The summed E-state index contributed by atoms with van der Waals surface area (Å²) in [5.41, 5.74) is 3.07. The van der Waals surface area contributed by atoms with Crippen LogP contribution in [0, 0.1) is 0 Å². The lowest BCUT2D eigenvalue weighted by atomic mass is 9.95. The number of alkyl halides is 1. The van der Waals surface area contributed by atoms with Gasteiger partial charge < -0.3 is 4.98 Å². The molecule has 0 bridgehead atoms. The van der Waals surface area contributed by atoms with Gasteiger partial charge in [0.25, 0.3) is 5.56 Å². The van der Waals surface area contributed by atoms with Crippen molar-refractivity contribution in [2.45, 2.75) is 31.6 Å². The van der Waals surface area contributed by atoms with Crippen LogP contribution in [0.25, 0.3) is 0 Å². The number of aromatic nitrogens is 1. The normalized spacial score (nSPS) is 15.5. The summed E-state index contributed by atoms with van der Waals surface area (Å²) >= 11 is 5.65. The van der Waals surface area contributed by atoms with Crippen molar-refractivity contribution in [2.24, 2.45) is 0 Å². The molecular weight excluding hydrogens is 186 g/mol. The van der Waals surface area contributed by atoms with Gasteiger partial charge in [0.1, 0.15) is 0 Å². The molecule has 1 aromatic heterocycles. The summed E-state index contributed by atoms with van der Waals surface area (Å²) in [5, 5.41) is 0. The van der Waals surface area contributed by atoms with Crippen molar-refractivity contribution in [3.05, 3.63) is 33.2 Å². The third-order valence-electron chi connectivity index (χ3n) is 2.56. The first kappa shape index (κ1) is 8.82. The highest BCUT2D eigenvalue weighted by Gasteiger charge is 2.11. The molecule has 0 unspecified atom stereocenters. The standard InChI is InChI=1S/C10H12ClNO/c11-6-8-5-7-3-1-2-4-9(7)12-10(8)13/h5H,1-4,6H2,(H,12,13). The molecule has 0 spiro atoms. The number of hydrogen-bond acceptors (Lipinski definition) is 1. The highest BCUT2D eigenvalue weighted by molar-refractivity contribution is 6.17. The maximum absolute atomic E-state index is 11.4. The summed E-state index contributed by atoms with van der Waals surface area (Å²) in [6.07, 6.45) is 4.49. The number of aromatic amines is 1. The van der Waals surface area contributed by atoms with Crippen LogP contribution >= 0.6 is 11.6 Å². The smallest absolute Gasteiger partial charge is 0.252 e. The molecule has 1 aliphatic carbocycles. The highest BCUT2D eigenvalue weighted by atomic mass is 35.5. The highest BCUT2D eigenvalue weighted by Crippen LogP contribution is 2.18. The molecule has 70 valence electrons. The zero-order valence-corrected chi connectivity index (χ0v) is 8.16. The fourth-order valence-electron chi connectivity index (χ4n) is 1.82. The summed E-state index contributed by atoms with van der Waals surface area (Å²) in [6.45, 7) is 0. The van der Waals surface area contributed by atoms with Gasteiger partial charge in [0.15, 0.2) is 0 Å². The van der Waals surface area contributed by atoms with E-state index in [0.717, 1.165) is 18.5 Å². The van der Waals surface area contributed by atoms with Crippen LogP contribution in [0.15, 0.2) is 10.9 Å².